The van der Waals surface area contributed by atoms with Gasteiger partial charge in [0.1, 0.15) is 0 Å². The molecule has 0 aliphatic heterocycles. The highest BCUT2D eigenvalue weighted by Crippen LogP contribution is 2.54. The summed E-state index contributed by atoms with van der Waals surface area (Å²) in [6.45, 7) is 4.77. The average Bonchev–Trinajstić information content (AvgIpc) is 3.97. The van der Waals surface area contributed by atoms with Gasteiger partial charge in [-0.25, -0.2) is 15.0 Å². The Kier molecular flexibility index (Phi) is 7.97. The van der Waals surface area contributed by atoms with E-state index in [0.717, 1.165) is 44.4 Å². The Hall–Kier alpha value is -8.67. The number of hydrogen-bond donors (Lipinski definition) is 0. The first kappa shape index (κ1) is 37.7. The zero-order valence-corrected chi connectivity index (χ0v) is 36.9. The van der Waals surface area contributed by atoms with Gasteiger partial charge in [-0.1, -0.05) is 172 Å². The minimum atomic E-state index is -0.212. The Labute approximate surface area is 386 Å². The average molecular weight is 856 g/mol. The van der Waals surface area contributed by atoms with Crippen LogP contribution < -0.4 is 0 Å². The van der Waals surface area contributed by atoms with Crippen LogP contribution in [0.3, 0.4) is 0 Å². The highest BCUT2D eigenvalue weighted by atomic mass is 15.0. The summed E-state index contributed by atoms with van der Waals surface area (Å²) in [7, 11) is 0. The summed E-state index contributed by atoms with van der Waals surface area (Å²) in [5.74, 6) is 1.92. The summed E-state index contributed by atoms with van der Waals surface area (Å²) < 4.78 is 4.93. The van der Waals surface area contributed by atoms with Gasteiger partial charge in [-0.15, -0.1) is 0 Å². The Bertz CT molecular complexity index is 4070. The van der Waals surface area contributed by atoms with Gasteiger partial charge in [-0.05, 0) is 93.0 Å². The van der Waals surface area contributed by atoms with Crippen LogP contribution in [0.15, 0.2) is 212 Å². The molecule has 0 saturated carbocycles. The van der Waals surface area contributed by atoms with E-state index in [1.165, 1.54) is 71.1 Å². The molecule has 67 heavy (non-hydrogen) atoms. The second kappa shape index (κ2) is 14.2. The number of benzene rings is 10. The van der Waals surface area contributed by atoms with Crippen molar-refractivity contribution in [1.82, 2.24) is 24.1 Å². The Balaban J connectivity index is 1.05. The van der Waals surface area contributed by atoms with Crippen LogP contribution in [0.1, 0.15) is 25.0 Å². The third-order valence-electron chi connectivity index (χ3n) is 14.4. The Morgan fingerprint density at radius 1 is 0.343 bits per heavy atom. The first-order chi connectivity index (χ1) is 33.0. The van der Waals surface area contributed by atoms with E-state index in [-0.39, 0.29) is 5.41 Å². The molecule has 0 fully saturated rings. The predicted octanol–water partition coefficient (Wildman–Crippen LogP) is 15.7. The monoisotopic (exact) mass is 855 g/mol. The molecule has 314 valence electrons. The van der Waals surface area contributed by atoms with Gasteiger partial charge in [-0.2, -0.15) is 0 Å². The van der Waals surface area contributed by atoms with Crippen LogP contribution in [0, 0.1) is 0 Å². The van der Waals surface area contributed by atoms with Crippen molar-refractivity contribution in [3.63, 3.8) is 0 Å². The minimum Gasteiger partial charge on any atom is -0.309 e. The summed E-state index contributed by atoms with van der Waals surface area (Å²) in [4.78, 5) is 15.4. The van der Waals surface area contributed by atoms with E-state index in [9.17, 15) is 0 Å². The second-order valence-corrected chi connectivity index (χ2v) is 18.4. The maximum atomic E-state index is 5.18. The summed E-state index contributed by atoms with van der Waals surface area (Å²) in [5.41, 5.74) is 14.9. The van der Waals surface area contributed by atoms with Crippen LogP contribution in [0.5, 0.6) is 0 Å². The Morgan fingerprint density at radius 2 is 0.896 bits per heavy atom. The van der Waals surface area contributed by atoms with Crippen molar-refractivity contribution in [2.45, 2.75) is 19.3 Å². The number of para-hydroxylation sites is 2. The molecule has 1 aliphatic rings. The fraction of sp³-hybridized carbons (Fsp3) is 0.0484. The second-order valence-electron chi connectivity index (χ2n) is 18.4. The van der Waals surface area contributed by atoms with Gasteiger partial charge in [0.15, 0.2) is 17.5 Å². The van der Waals surface area contributed by atoms with Crippen LogP contribution in [-0.4, -0.2) is 24.1 Å². The summed E-state index contributed by atoms with van der Waals surface area (Å²) in [5, 5.41) is 9.67. The van der Waals surface area contributed by atoms with Crippen molar-refractivity contribution in [3.8, 4) is 56.7 Å². The van der Waals surface area contributed by atoms with E-state index in [2.05, 4.69) is 199 Å². The van der Waals surface area contributed by atoms with Crippen molar-refractivity contribution in [2.24, 2.45) is 0 Å². The lowest BCUT2D eigenvalue weighted by Crippen LogP contribution is -2.15. The number of aromatic nitrogens is 5. The topological polar surface area (TPSA) is 48.5 Å². The van der Waals surface area contributed by atoms with Gasteiger partial charge in [0.05, 0.1) is 27.8 Å². The molecular weight excluding hydrogens is 815 g/mol. The first-order valence-corrected chi connectivity index (χ1v) is 23.0. The molecule has 5 heteroatoms. The Morgan fingerprint density at radius 3 is 1.58 bits per heavy atom. The van der Waals surface area contributed by atoms with Gasteiger partial charge < -0.3 is 9.13 Å². The van der Waals surface area contributed by atoms with Gasteiger partial charge in [0, 0.05) is 54.7 Å². The highest BCUT2D eigenvalue weighted by molar-refractivity contribution is 6.16. The molecule has 3 aromatic heterocycles. The molecule has 10 aromatic carbocycles. The summed E-state index contributed by atoms with van der Waals surface area (Å²) in [6.07, 6.45) is 0. The van der Waals surface area contributed by atoms with E-state index in [0.29, 0.717) is 17.5 Å². The molecule has 0 unspecified atom stereocenters. The summed E-state index contributed by atoms with van der Waals surface area (Å²) in [6, 6.07) is 76.6. The molecule has 0 saturated heterocycles. The smallest absolute Gasteiger partial charge is 0.164 e. The van der Waals surface area contributed by atoms with Crippen LogP contribution in [0.4, 0.5) is 0 Å². The van der Waals surface area contributed by atoms with Gasteiger partial charge in [0.2, 0.25) is 0 Å². The number of hydrogen-bond acceptors (Lipinski definition) is 3. The molecule has 5 nitrogen and oxygen atoms in total. The zero-order valence-electron chi connectivity index (χ0n) is 36.9. The van der Waals surface area contributed by atoms with E-state index in [4.69, 9.17) is 15.0 Å². The number of nitrogens with zero attached hydrogens (tertiary/aromatic N) is 5. The molecule has 14 rings (SSSR count). The molecule has 3 heterocycles. The lowest BCUT2D eigenvalue weighted by molar-refractivity contribution is 0.661. The van der Waals surface area contributed by atoms with Crippen molar-refractivity contribution in [3.05, 3.63) is 223 Å². The molecule has 0 atom stereocenters. The van der Waals surface area contributed by atoms with E-state index in [1.807, 2.05) is 36.4 Å². The van der Waals surface area contributed by atoms with E-state index in [1.54, 1.807) is 0 Å². The quantitative estimate of drug-likeness (QED) is 0.173. The zero-order chi connectivity index (χ0) is 44.4. The van der Waals surface area contributed by atoms with Gasteiger partial charge in [-0.3, -0.25) is 0 Å². The molecule has 0 spiro atoms. The minimum absolute atomic E-state index is 0.212. The molecule has 0 amide bonds. The van der Waals surface area contributed by atoms with Crippen LogP contribution in [-0.2, 0) is 5.41 Å². The maximum absolute atomic E-state index is 5.18. The SMILES string of the molecule is CC1(C)c2cc3c(cc2-c2c1ccc1ccccc21)c1cc(-n2c4ccccc4c4ccccc42)ccc1n3-c1ccc(-c2nc(-c3ccccc3)nc(-c3ccccc3)n2)c2ccccc12. The lowest BCUT2D eigenvalue weighted by Gasteiger charge is -2.22. The number of rotatable bonds is 5. The van der Waals surface area contributed by atoms with Crippen molar-refractivity contribution >= 4 is 65.2 Å². The van der Waals surface area contributed by atoms with Gasteiger partial charge >= 0.3 is 0 Å². The van der Waals surface area contributed by atoms with Crippen molar-refractivity contribution < 1.29 is 0 Å². The van der Waals surface area contributed by atoms with Crippen LogP contribution in [0.25, 0.3) is 122 Å². The molecule has 0 bridgehead atoms. The molecule has 1 aliphatic carbocycles. The molecular formula is C62H41N5. The van der Waals surface area contributed by atoms with Gasteiger partial charge in [0.25, 0.3) is 0 Å². The van der Waals surface area contributed by atoms with Crippen LogP contribution >= 0.6 is 0 Å². The van der Waals surface area contributed by atoms with Crippen molar-refractivity contribution in [2.75, 3.05) is 0 Å². The van der Waals surface area contributed by atoms with Crippen molar-refractivity contribution in [1.29, 1.82) is 0 Å². The van der Waals surface area contributed by atoms with E-state index < -0.39 is 0 Å². The van der Waals surface area contributed by atoms with E-state index >= 15 is 0 Å². The molecule has 13 aromatic rings. The van der Waals surface area contributed by atoms with Crippen LogP contribution in [0.2, 0.25) is 0 Å². The predicted molar refractivity (Wildman–Crippen MR) is 277 cm³/mol. The molecule has 0 radical (unpaired) electrons. The first-order valence-electron chi connectivity index (χ1n) is 23.0. The standard InChI is InChI=1S/C62H41N5/c1-62(2)51-32-29-38-17-9-10-22-42(38)58(51)50-36-49-48-35-41(66-53-27-15-13-25-45(53)46-26-14-16-28-54(46)66)30-33-56(48)67(57(49)37-52(50)62)55-34-31-47(43-23-11-12-24-44(43)55)61-64-59(39-18-5-3-6-19-39)63-60(65-61)40-20-7-4-8-21-40/h3-37H,1-2H3. The maximum Gasteiger partial charge on any atom is 0.164 e. The summed E-state index contributed by atoms with van der Waals surface area (Å²) >= 11 is 0. The fourth-order valence-corrected chi connectivity index (χ4v) is 11.2. The normalized spacial score (nSPS) is 13.0. The lowest BCUT2D eigenvalue weighted by atomic mass is 9.82. The largest absolute Gasteiger partial charge is 0.309 e. The number of fused-ring (bicyclic) bond motifs is 12. The molecule has 0 N–H and O–H groups in total. The highest BCUT2D eigenvalue weighted by Gasteiger charge is 2.37. The third-order valence-corrected chi connectivity index (χ3v) is 14.4. The third kappa shape index (κ3) is 5.52. The fourth-order valence-electron chi connectivity index (χ4n) is 11.2.